The summed E-state index contributed by atoms with van der Waals surface area (Å²) in [5, 5.41) is 13.2. The van der Waals surface area contributed by atoms with Gasteiger partial charge in [0.15, 0.2) is 0 Å². The third kappa shape index (κ3) is 4.98. The molecular formula is C32H34N2OSSi. The highest BCUT2D eigenvalue weighted by Crippen LogP contribution is 2.41. The third-order valence-corrected chi connectivity index (χ3v) is 9.99. The minimum absolute atomic E-state index is 0.316. The van der Waals surface area contributed by atoms with Crippen molar-refractivity contribution in [2.24, 2.45) is 0 Å². The molecule has 0 aliphatic carbocycles. The van der Waals surface area contributed by atoms with Gasteiger partial charge >= 0.3 is 0 Å². The smallest absolute Gasteiger partial charge is 0.128 e. The van der Waals surface area contributed by atoms with Crippen molar-refractivity contribution in [3.8, 4) is 38.7 Å². The molecule has 2 heterocycles. The van der Waals surface area contributed by atoms with E-state index in [1.54, 1.807) is 11.3 Å². The second kappa shape index (κ2) is 9.55. The van der Waals surface area contributed by atoms with Crippen molar-refractivity contribution < 1.29 is 5.11 Å². The second-order valence-electron chi connectivity index (χ2n) is 11.3. The van der Waals surface area contributed by atoms with Gasteiger partial charge in [0.25, 0.3) is 0 Å². The van der Waals surface area contributed by atoms with Crippen LogP contribution >= 0.6 is 11.3 Å². The summed E-state index contributed by atoms with van der Waals surface area (Å²) in [6, 6.07) is 21.6. The number of aryl methyl sites for hydroxylation is 2. The van der Waals surface area contributed by atoms with E-state index in [0.29, 0.717) is 11.7 Å². The first-order valence-electron chi connectivity index (χ1n) is 12.8. The summed E-state index contributed by atoms with van der Waals surface area (Å²) in [4.78, 5) is 9.80. The highest BCUT2D eigenvalue weighted by atomic mass is 32.1. The molecule has 0 fully saturated rings. The fourth-order valence-electron chi connectivity index (χ4n) is 4.74. The van der Waals surface area contributed by atoms with Crippen LogP contribution in [0.2, 0.25) is 19.6 Å². The molecule has 0 unspecified atom stereocenters. The maximum atomic E-state index is 10.9. The predicted molar refractivity (Wildman–Crippen MR) is 162 cm³/mol. The van der Waals surface area contributed by atoms with Crippen molar-refractivity contribution in [3.63, 3.8) is 0 Å². The Bertz CT molecular complexity index is 1610. The van der Waals surface area contributed by atoms with Crippen molar-refractivity contribution in [1.82, 2.24) is 9.97 Å². The Balaban J connectivity index is 1.80. The van der Waals surface area contributed by atoms with E-state index in [9.17, 15) is 5.11 Å². The van der Waals surface area contributed by atoms with Crippen LogP contribution in [0.4, 0.5) is 0 Å². The molecule has 3 aromatic carbocycles. The normalized spacial score (nSPS) is 12.0. The fraction of sp³-hybridized carbons (Fsp3) is 0.250. The molecule has 5 heteroatoms. The Morgan fingerprint density at radius 1 is 0.865 bits per heavy atom. The average Bonchev–Trinajstić information content (AvgIpc) is 3.29. The Morgan fingerprint density at radius 2 is 1.62 bits per heavy atom. The van der Waals surface area contributed by atoms with E-state index in [1.807, 2.05) is 37.4 Å². The molecule has 0 bridgehead atoms. The number of phenolic OH excluding ortho intramolecular Hbond substituents is 1. The number of thiazole rings is 1. The highest BCUT2D eigenvalue weighted by Gasteiger charge is 2.23. The van der Waals surface area contributed by atoms with E-state index >= 15 is 0 Å². The summed E-state index contributed by atoms with van der Waals surface area (Å²) in [7, 11) is -1.61. The first kappa shape index (κ1) is 25.4. The first-order valence-corrected chi connectivity index (χ1v) is 17.2. The van der Waals surface area contributed by atoms with Gasteiger partial charge in [0, 0.05) is 17.3 Å². The van der Waals surface area contributed by atoms with Crippen LogP contribution in [0.3, 0.4) is 0 Å². The van der Waals surface area contributed by atoms with Crippen molar-refractivity contribution in [2.45, 2.75) is 53.3 Å². The topological polar surface area (TPSA) is 46.0 Å². The van der Waals surface area contributed by atoms with Crippen LogP contribution in [0.1, 0.15) is 36.5 Å². The maximum absolute atomic E-state index is 10.9. The molecule has 3 nitrogen and oxygen atoms in total. The Kier molecular flexibility index (Phi) is 6.55. The Hall–Kier alpha value is -3.28. The minimum Gasteiger partial charge on any atom is -0.507 e. The summed E-state index contributed by atoms with van der Waals surface area (Å²) in [6.07, 6.45) is 1.85. The molecule has 2 aromatic heterocycles. The summed E-state index contributed by atoms with van der Waals surface area (Å²) in [5.41, 5.74) is 9.50. The zero-order valence-corrected chi connectivity index (χ0v) is 24.5. The van der Waals surface area contributed by atoms with E-state index in [0.717, 1.165) is 48.7 Å². The number of phenols is 1. The largest absolute Gasteiger partial charge is 0.507 e. The third-order valence-electron chi connectivity index (χ3n) is 6.93. The highest BCUT2D eigenvalue weighted by molar-refractivity contribution is 7.22. The summed E-state index contributed by atoms with van der Waals surface area (Å²) in [6.45, 7) is 15.6. The average molecular weight is 523 g/mol. The number of nitrogens with zero attached hydrogens (tertiary/aromatic N) is 2. The summed E-state index contributed by atoms with van der Waals surface area (Å²) < 4.78 is 1.16. The SMILES string of the molecule is Cc1cc(C)c(O)c(-c2nc3c(-c4cc(-c5ccccn5)cc(C(C)C)c4)cc([Si](C)(C)C)cc3s2)c1. The molecular weight excluding hydrogens is 489 g/mol. The van der Waals surface area contributed by atoms with Crippen LogP contribution in [0.25, 0.3) is 43.2 Å². The van der Waals surface area contributed by atoms with Gasteiger partial charge in [0.2, 0.25) is 0 Å². The molecule has 0 radical (unpaired) electrons. The quantitative estimate of drug-likeness (QED) is 0.235. The molecule has 0 atom stereocenters. The molecule has 0 aliphatic heterocycles. The van der Waals surface area contributed by atoms with Crippen molar-refractivity contribution in [3.05, 3.63) is 83.6 Å². The lowest BCUT2D eigenvalue weighted by molar-refractivity contribution is 0.473. The van der Waals surface area contributed by atoms with Crippen LogP contribution in [0, 0.1) is 13.8 Å². The molecule has 188 valence electrons. The molecule has 0 aliphatic rings. The number of hydrogen-bond acceptors (Lipinski definition) is 4. The van der Waals surface area contributed by atoms with Crippen molar-refractivity contribution in [2.75, 3.05) is 0 Å². The molecule has 0 spiro atoms. The predicted octanol–water partition coefficient (Wildman–Crippen LogP) is 8.68. The molecule has 0 saturated carbocycles. The number of rotatable bonds is 5. The van der Waals surface area contributed by atoms with Crippen molar-refractivity contribution in [1.29, 1.82) is 0 Å². The number of hydrogen-bond donors (Lipinski definition) is 1. The lowest BCUT2D eigenvalue weighted by Crippen LogP contribution is -2.37. The van der Waals surface area contributed by atoms with Crippen LogP contribution in [0.5, 0.6) is 5.75 Å². The molecule has 37 heavy (non-hydrogen) atoms. The lowest BCUT2D eigenvalue weighted by atomic mass is 9.93. The Morgan fingerprint density at radius 3 is 2.30 bits per heavy atom. The van der Waals surface area contributed by atoms with Crippen LogP contribution in [-0.4, -0.2) is 23.1 Å². The van der Waals surface area contributed by atoms with Gasteiger partial charge in [-0.05, 0) is 78.4 Å². The lowest BCUT2D eigenvalue weighted by Gasteiger charge is -2.19. The molecule has 5 aromatic rings. The number of pyridine rings is 1. The van der Waals surface area contributed by atoms with Crippen LogP contribution in [0.15, 0.2) is 66.9 Å². The summed E-state index contributed by atoms with van der Waals surface area (Å²) in [5.74, 6) is 0.701. The number of fused-ring (bicyclic) bond motifs is 1. The van der Waals surface area contributed by atoms with E-state index < -0.39 is 8.07 Å². The van der Waals surface area contributed by atoms with E-state index in [-0.39, 0.29) is 0 Å². The summed E-state index contributed by atoms with van der Waals surface area (Å²) >= 11 is 1.67. The van der Waals surface area contributed by atoms with Gasteiger partial charge in [-0.1, -0.05) is 62.9 Å². The van der Waals surface area contributed by atoms with E-state index in [1.165, 1.54) is 16.3 Å². The molecule has 0 saturated heterocycles. The zero-order valence-electron chi connectivity index (χ0n) is 22.7. The molecule has 0 amide bonds. The Labute approximate surface area is 224 Å². The van der Waals surface area contributed by atoms with Crippen LogP contribution < -0.4 is 5.19 Å². The number of benzene rings is 3. The maximum Gasteiger partial charge on any atom is 0.128 e. The van der Waals surface area contributed by atoms with Crippen LogP contribution in [-0.2, 0) is 0 Å². The van der Waals surface area contributed by atoms with E-state index in [2.05, 4.69) is 81.8 Å². The van der Waals surface area contributed by atoms with Gasteiger partial charge < -0.3 is 5.11 Å². The van der Waals surface area contributed by atoms with Gasteiger partial charge in [-0.25, -0.2) is 4.98 Å². The molecule has 1 N–H and O–H groups in total. The van der Waals surface area contributed by atoms with Gasteiger partial charge in [-0.15, -0.1) is 11.3 Å². The zero-order chi connectivity index (χ0) is 26.5. The standard InChI is InChI=1S/C32H34N2OSSi/c1-19(2)22-14-23(16-24(15-22)28-10-8-9-11-33-28)26-17-25(37(5,6)7)18-29-30(26)34-32(36-29)27-13-20(3)12-21(4)31(27)35/h8-19,35H,1-7H3. The minimum atomic E-state index is -1.61. The van der Waals surface area contributed by atoms with E-state index in [4.69, 9.17) is 4.98 Å². The second-order valence-corrected chi connectivity index (χ2v) is 17.4. The first-order chi connectivity index (χ1) is 17.5. The fourth-order valence-corrected chi connectivity index (χ4v) is 7.05. The molecule has 5 rings (SSSR count). The number of aromatic hydroxyl groups is 1. The van der Waals surface area contributed by atoms with Gasteiger partial charge in [-0.2, -0.15) is 0 Å². The van der Waals surface area contributed by atoms with Crippen molar-refractivity contribution >= 4 is 34.8 Å². The van der Waals surface area contributed by atoms with Gasteiger partial charge in [0.05, 0.1) is 29.5 Å². The number of aromatic nitrogens is 2. The monoisotopic (exact) mass is 522 g/mol. The van der Waals surface area contributed by atoms with Gasteiger partial charge in [-0.3, -0.25) is 4.98 Å². The van der Waals surface area contributed by atoms with Gasteiger partial charge in [0.1, 0.15) is 10.8 Å².